The zero-order chi connectivity index (χ0) is 21.1. The molecular weight excluding hydrogens is 427 g/mol. The molecule has 0 saturated carbocycles. The van der Waals surface area contributed by atoms with Gasteiger partial charge >= 0.3 is 0 Å². The number of carbonyl (C=O) groups is 2. The van der Waals surface area contributed by atoms with Crippen LogP contribution in [0, 0.1) is 5.82 Å². The molecule has 5 nitrogen and oxygen atoms in total. The van der Waals surface area contributed by atoms with Crippen molar-refractivity contribution in [1.29, 1.82) is 0 Å². The van der Waals surface area contributed by atoms with Gasteiger partial charge in [-0.05, 0) is 42.0 Å². The molecule has 2 aliphatic heterocycles. The van der Waals surface area contributed by atoms with Crippen LogP contribution in [0.4, 0.5) is 4.39 Å². The number of nitrogens with zero attached hydrogens (tertiary/aromatic N) is 2. The van der Waals surface area contributed by atoms with Crippen molar-refractivity contribution in [3.05, 3.63) is 69.8 Å². The Balaban J connectivity index is 1.61. The molecule has 8 heteroatoms. The van der Waals surface area contributed by atoms with E-state index in [1.807, 2.05) is 0 Å². The highest BCUT2D eigenvalue weighted by molar-refractivity contribution is 8.04. The van der Waals surface area contributed by atoms with Gasteiger partial charge in [0.2, 0.25) is 0 Å². The van der Waals surface area contributed by atoms with Crippen LogP contribution >= 0.6 is 23.4 Å². The SMILES string of the molecule is O=C1C(Sc2ccc(Cl)cc2)=C(c2ccc(F)cc2)C(=O)N1CCN1CCOCC1. The quantitative estimate of drug-likeness (QED) is 0.633. The lowest BCUT2D eigenvalue weighted by Crippen LogP contribution is -2.43. The molecule has 1 fully saturated rings. The molecule has 0 atom stereocenters. The fraction of sp³-hybridized carbons (Fsp3) is 0.273. The van der Waals surface area contributed by atoms with Crippen molar-refractivity contribution in [3.8, 4) is 0 Å². The van der Waals surface area contributed by atoms with E-state index in [0.717, 1.165) is 18.0 Å². The third-order valence-corrected chi connectivity index (χ3v) is 6.38. The summed E-state index contributed by atoms with van der Waals surface area (Å²) in [6, 6.07) is 12.7. The molecule has 0 bridgehead atoms. The van der Waals surface area contributed by atoms with Crippen LogP contribution in [-0.2, 0) is 14.3 Å². The van der Waals surface area contributed by atoms with E-state index < -0.39 is 5.82 Å². The predicted molar refractivity (Wildman–Crippen MR) is 115 cm³/mol. The predicted octanol–water partition coefficient (Wildman–Crippen LogP) is 3.68. The Kier molecular flexibility index (Phi) is 6.53. The van der Waals surface area contributed by atoms with Crippen molar-refractivity contribution < 1.29 is 18.7 Å². The van der Waals surface area contributed by atoms with Gasteiger partial charge in [-0.2, -0.15) is 0 Å². The minimum absolute atomic E-state index is 0.299. The molecular formula is C22H20ClFN2O3S. The summed E-state index contributed by atoms with van der Waals surface area (Å²) in [6.45, 7) is 3.75. The zero-order valence-electron chi connectivity index (χ0n) is 16.1. The summed E-state index contributed by atoms with van der Waals surface area (Å²) >= 11 is 7.18. The fourth-order valence-corrected chi connectivity index (χ4v) is 4.55. The smallest absolute Gasteiger partial charge is 0.268 e. The summed E-state index contributed by atoms with van der Waals surface area (Å²) < 4.78 is 18.8. The average Bonchev–Trinajstić information content (AvgIpc) is 2.99. The van der Waals surface area contributed by atoms with E-state index in [1.165, 1.54) is 40.9 Å². The molecule has 2 aromatic rings. The first kappa shape index (κ1) is 21.1. The number of rotatable bonds is 6. The second-order valence-corrected chi connectivity index (χ2v) is 8.50. The monoisotopic (exact) mass is 446 g/mol. The van der Waals surface area contributed by atoms with Crippen molar-refractivity contribution >= 4 is 40.8 Å². The standard InChI is InChI=1S/C22H20ClFN2O3S/c23-16-3-7-18(8-4-16)30-20-19(15-1-5-17(24)6-2-15)21(27)26(22(20)28)10-9-25-11-13-29-14-12-25/h1-8H,9-14H2. The first-order valence-electron chi connectivity index (χ1n) is 9.63. The molecule has 0 spiro atoms. The number of hydrogen-bond donors (Lipinski definition) is 0. The van der Waals surface area contributed by atoms with Gasteiger partial charge in [0.05, 0.1) is 23.7 Å². The van der Waals surface area contributed by atoms with E-state index >= 15 is 0 Å². The van der Waals surface area contributed by atoms with Crippen LogP contribution < -0.4 is 0 Å². The number of morpholine rings is 1. The number of carbonyl (C=O) groups excluding carboxylic acids is 2. The fourth-order valence-electron chi connectivity index (χ4n) is 3.41. The molecule has 1 saturated heterocycles. The minimum Gasteiger partial charge on any atom is -0.379 e. The molecule has 30 heavy (non-hydrogen) atoms. The Morgan fingerprint density at radius 3 is 2.27 bits per heavy atom. The van der Waals surface area contributed by atoms with E-state index in [1.54, 1.807) is 24.3 Å². The summed E-state index contributed by atoms with van der Waals surface area (Å²) in [7, 11) is 0. The van der Waals surface area contributed by atoms with Crippen molar-refractivity contribution in [2.45, 2.75) is 4.90 Å². The number of ether oxygens (including phenoxy) is 1. The lowest BCUT2D eigenvalue weighted by molar-refractivity contribution is -0.136. The Hall–Kier alpha value is -2.19. The van der Waals surface area contributed by atoms with Crippen molar-refractivity contribution in [2.24, 2.45) is 0 Å². The van der Waals surface area contributed by atoms with Crippen LogP contribution in [0.25, 0.3) is 5.57 Å². The molecule has 0 aliphatic carbocycles. The van der Waals surface area contributed by atoms with Gasteiger partial charge in [-0.1, -0.05) is 35.5 Å². The maximum atomic E-state index is 13.4. The van der Waals surface area contributed by atoms with Gasteiger partial charge in [0.15, 0.2) is 0 Å². The molecule has 0 unspecified atom stereocenters. The molecule has 4 rings (SSSR count). The van der Waals surface area contributed by atoms with Crippen molar-refractivity contribution in [2.75, 3.05) is 39.4 Å². The number of hydrogen-bond acceptors (Lipinski definition) is 5. The Labute approximate surface area is 183 Å². The van der Waals surface area contributed by atoms with Gasteiger partial charge in [-0.15, -0.1) is 0 Å². The largest absolute Gasteiger partial charge is 0.379 e. The number of halogens is 2. The number of thioether (sulfide) groups is 1. The van der Waals surface area contributed by atoms with Gasteiger partial charge in [-0.3, -0.25) is 19.4 Å². The van der Waals surface area contributed by atoms with Crippen molar-refractivity contribution in [3.63, 3.8) is 0 Å². The second-order valence-electron chi connectivity index (χ2n) is 6.98. The first-order chi connectivity index (χ1) is 14.5. The van der Waals surface area contributed by atoms with Crippen LogP contribution in [0.1, 0.15) is 5.56 Å². The lowest BCUT2D eigenvalue weighted by Gasteiger charge is -2.28. The summed E-state index contributed by atoms with van der Waals surface area (Å²) in [5, 5.41) is 0.591. The van der Waals surface area contributed by atoms with E-state index in [0.29, 0.717) is 47.4 Å². The number of benzene rings is 2. The molecule has 0 radical (unpaired) electrons. The Bertz CT molecular complexity index is 973. The highest BCUT2D eigenvalue weighted by atomic mass is 35.5. The summed E-state index contributed by atoms with van der Waals surface area (Å²) in [6.07, 6.45) is 0. The third kappa shape index (κ3) is 4.59. The van der Waals surface area contributed by atoms with Gasteiger partial charge in [0.25, 0.3) is 11.8 Å². The Morgan fingerprint density at radius 2 is 1.60 bits per heavy atom. The van der Waals surface area contributed by atoms with Crippen LogP contribution in [0.3, 0.4) is 0 Å². The molecule has 0 aromatic heterocycles. The van der Waals surface area contributed by atoms with E-state index in [-0.39, 0.29) is 11.8 Å². The molecule has 2 aromatic carbocycles. The average molecular weight is 447 g/mol. The van der Waals surface area contributed by atoms with Gasteiger partial charge in [0, 0.05) is 36.1 Å². The molecule has 2 aliphatic rings. The first-order valence-corrected chi connectivity index (χ1v) is 10.8. The maximum absolute atomic E-state index is 13.4. The van der Waals surface area contributed by atoms with Gasteiger partial charge < -0.3 is 4.74 Å². The van der Waals surface area contributed by atoms with E-state index in [9.17, 15) is 14.0 Å². The zero-order valence-corrected chi connectivity index (χ0v) is 17.7. The number of imide groups is 1. The second kappa shape index (κ2) is 9.31. The summed E-state index contributed by atoms with van der Waals surface area (Å²) in [5.41, 5.74) is 0.835. The van der Waals surface area contributed by atoms with Crippen molar-refractivity contribution in [1.82, 2.24) is 9.80 Å². The Morgan fingerprint density at radius 1 is 0.933 bits per heavy atom. The normalized spacial score (nSPS) is 17.9. The van der Waals surface area contributed by atoms with E-state index in [2.05, 4.69) is 4.90 Å². The van der Waals surface area contributed by atoms with Crippen LogP contribution in [0.2, 0.25) is 5.02 Å². The van der Waals surface area contributed by atoms with Crippen LogP contribution in [0.5, 0.6) is 0 Å². The highest BCUT2D eigenvalue weighted by Gasteiger charge is 2.39. The highest BCUT2D eigenvalue weighted by Crippen LogP contribution is 2.39. The van der Waals surface area contributed by atoms with E-state index in [4.69, 9.17) is 16.3 Å². The topological polar surface area (TPSA) is 49.9 Å². The minimum atomic E-state index is -0.396. The van der Waals surface area contributed by atoms with Crippen LogP contribution in [0.15, 0.2) is 58.3 Å². The molecule has 2 heterocycles. The van der Waals surface area contributed by atoms with Gasteiger partial charge in [-0.25, -0.2) is 4.39 Å². The number of amides is 2. The lowest BCUT2D eigenvalue weighted by atomic mass is 10.1. The summed E-state index contributed by atoms with van der Waals surface area (Å²) in [5.74, 6) is -1.07. The van der Waals surface area contributed by atoms with Gasteiger partial charge in [0.1, 0.15) is 5.82 Å². The summed E-state index contributed by atoms with van der Waals surface area (Å²) in [4.78, 5) is 31.0. The third-order valence-electron chi connectivity index (χ3n) is 5.04. The van der Waals surface area contributed by atoms with Crippen LogP contribution in [-0.4, -0.2) is 61.0 Å². The molecule has 0 N–H and O–H groups in total. The maximum Gasteiger partial charge on any atom is 0.268 e. The molecule has 156 valence electrons. The molecule has 2 amide bonds.